The fourth-order valence-electron chi connectivity index (χ4n) is 1.30. The SMILES string of the molecule is CCOc1ccc(C(O)CNS(C)(=O)=O)cc1. The summed E-state index contributed by atoms with van der Waals surface area (Å²) in [5, 5.41) is 9.74. The van der Waals surface area contributed by atoms with E-state index in [4.69, 9.17) is 4.74 Å². The van der Waals surface area contributed by atoms with Crippen LogP contribution in [-0.2, 0) is 10.0 Å². The molecule has 0 saturated carbocycles. The van der Waals surface area contributed by atoms with Crippen molar-refractivity contribution in [3.8, 4) is 5.75 Å². The van der Waals surface area contributed by atoms with Gasteiger partial charge in [0.15, 0.2) is 0 Å². The molecule has 1 aromatic rings. The first kappa shape index (κ1) is 14.0. The molecule has 0 aromatic heterocycles. The molecule has 0 bridgehead atoms. The molecule has 0 fully saturated rings. The maximum atomic E-state index is 10.9. The van der Waals surface area contributed by atoms with Crippen LogP contribution in [0.15, 0.2) is 24.3 Å². The minimum Gasteiger partial charge on any atom is -0.494 e. The second-order valence-corrected chi connectivity index (χ2v) is 5.47. The Labute approximate surface area is 101 Å². The predicted octanol–water partition coefficient (Wildman–Crippen LogP) is 0.668. The van der Waals surface area contributed by atoms with Crippen LogP contribution in [0.4, 0.5) is 0 Å². The van der Waals surface area contributed by atoms with Crippen molar-refractivity contribution >= 4 is 10.0 Å². The van der Waals surface area contributed by atoms with Gasteiger partial charge in [-0.2, -0.15) is 0 Å². The average molecular weight is 259 g/mol. The Morgan fingerprint density at radius 3 is 2.41 bits per heavy atom. The van der Waals surface area contributed by atoms with E-state index in [1.165, 1.54) is 0 Å². The molecule has 6 heteroatoms. The van der Waals surface area contributed by atoms with Crippen molar-refractivity contribution in [3.63, 3.8) is 0 Å². The fourth-order valence-corrected chi connectivity index (χ4v) is 1.76. The van der Waals surface area contributed by atoms with E-state index in [-0.39, 0.29) is 6.54 Å². The summed E-state index contributed by atoms with van der Waals surface area (Å²) in [6.07, 6.45) is 0.193. The highest BCUT2D eigenvalue weighted by molar-refractivity contribution is 7.88. The monoisotopic (exact) mass is 259 g/mol. The van der Waals surface area contributed by atoms with E-state index >= 15 is 0 Å². The quantitative estimate of drug-likeness (QED) is 0.787. The number of rotatable bonds is 6. The smallest absolute Gasteiger partial charge is 0.208 e. The lowest BCUT2D eigenvalue weighted by Gasteiger charge is -2.12. The molecule has 1 unspecified atom stereocenters. The van der Waals surface area contributed by atoms with Gasteiger partial charge in [-0.05, 0) is 24.6 Å². The van der Waals surface area contributed by atoms with Crippen LogP contribution in [0.2, 0.25) is 0 Å². The standard InChI is InChI=1S/C11H17NO4S/c1-3-16-10-6-4-9(5-7-10)11(13)8-12-17(2,14)15/h4-7,11-13H,3,8H2,1-2H3. The van der Waals surface area contributed by atoms with Crippen LogP contribution in [0.5, 0.6) is 5.75 Å². The summed E-state index contributed by atoms with van der Waals surface area (Å²) in [6.45, 7) is 2.43. The number of hydrogen-bond donors (Lipinski definition) is 2. The van der Waals surface area contributed by atoms with Crippen molar-refractivity contribution in [2.45, 2.75) is 13.0 Å². The van der Waals surface area contributed by atoms with Crippen molar-refractivity contribution in [2.75, 3.05) is 19.4 Å². The van der Waals surface area contributed by atoms with Crippen molar-refractivity contribution < 1.29 is 18.3 Å². The van der Waals surface area contributed by atoms with E-state index in [0.717, 1.165) is 12.0 Å². The first-order valence-corrected chi connectivity index (χ1v) is 7.17. The first-order valence-electron chi connectivity index (χ1n) is 5.28. The van der Waals surface area contributed by atoms with Gasteiger partial charge in [-0.1, -0.05) is 12.1 Å². The van der Waals surface area contributed by atoms with Crippen LogP contribution in [0, 0.1) is 0 Å². The first-order chi connectivity index (χ1) is 7.92. The number of ether oxygens (including phenoxy) is 1. The van der Waals surface area contributed by atoms with Gasteiger partial charge in [-0.15, -0.1) is 0 Å². The Bertz CT molecular complexity index is 441. The van der Waals surface area contributed by atoms with Gasteiger partial charge in [0.25, 0.3) is 0 Å². The number of nitrogens with one attached hydrogen (secondary N) is 1. The third kappa shape index (κ3) is 5.16. The lowest BCUT2D eigenvalue weighted by Crippen LogP contribution is -2.27. The molecule has 0 saturated heterocycles. The highest BCUT2D eigenvalue weighted by atomic mass is 32.2. The molecule has 0 aliphatic carbocycles. The molecule has 0 spiro atoms. The molecule has 0 aliphatic heterocycles. The molecular formula is C11H17NO4S. The molecular weight excluding hydrogens is 242 g/mol. The van der Waals surface area contributed by atoms with E-state index in [1.54, 1.807) is 24.3 Å². The second kappa shape index (κ2) is 6.00. The summed E-state index contributed by atoms with van der Waals surface area (Å²) in [5.74, 6) is 0.722. The van der Waals surface area contributed by atoms with Crippen molar-refractivity contribution in [1.29, 1.82) is 0 Å². The van der Waals surface area contributed by atoms with Crippen LogP contribution in [0.1, 0.15) is 18.6 Å². The Kier molecular flexibility index (Phi) is 4.92. The van der Waals surface area contributed by atoms with E-state index in [0.29, 0.717) is 12.2 Å². The van der Waals surface area contributed by atoms with Gasteiger partial charge in [0, 0.05) is 6.54 Å². The molecule has 5 nitrogen and oxygen atoms in total. The van der Waals surface area contributed by atoms with E-state index < -0.39 is 16.1 Å². The summed E-state index contributed by atoms with van der Waals surface area (Å²) in [6, 6.07) is 6.89. The minimum atomic E-state index is -3.28. The summed E-state index contributed by atoms with van der Waals surface area (Å²) in [5.41, 5.74) is 0.643. The van der Waals surface area contributed by atoms with E-state index in [2.05, 4.69) is 4.72 Å². The zero-order valence-electron chi connectivity index (χ0n) is 9.88. The Morgan fingerprint density at radius 1 is 1.35 bits per heavy atom. The van der Waals surface area contributed by atoms with Gasteiger partial charge in [-0.25, -0.2) is 13.1 Å². The lowest BCUT2D eigenvalue weighted by molar-refractivity contribution is 0.182. The molecule has 1 rings (SSSR count). The molecule has 1 atom stereocenters. The highest BCUT2D eigenvalue weighted by Gasteiger charge is 2.10. The van der Waals surface area contributed by atoms with Gasteiger partial charge >= 0.3 is 0 Å². The number of aliphatic hydroxyl groups excluding tert-OH is 1. The predicted molar refractivity (Wildman–Crippen MR) is 65.4 cm³/mol. The van der Waals surface area contributed by atoms with Crippen LogP contribution in [-0.4, -0.2) is 32.9 Å². The van der Waals surface area contributed by atoms with Gasteiger partial charge in [0.2, 0.25) is 10.0 Å². The maximum Gasteiger partial charge on any atom is 0.208 e. The van der Waals surface area contributed by atoms with Crippen LogP contribution in [0.25, 0.3) is 0 Å². The average Bonchev–Trinajstić information content (AvgIpc) is 2.26. The minimum absolute atomic E-state index is 0.0349. The summed E-state index contributed by atoms with van der Waals surface area (Å²) >= 11 is 0. The van der Waals surface area contributed by atoms with E-state index in [1.807, 2.05) is 6.92 Å². The Balaban J connectivity index is 2.60. The largest absolute Gasteiger partial charge is 0.494 e. The van der Waals surface area contributed by atoms with Crippen LogP contribution >= 0.6 is 0 Å². The molecule has 17 heavy (non-hydrogen) atoms. The molecule has 2 N–H and O–H groups in total. The summed E-state index contributed by atoms with van der Waals surface area (Å²) < 4.78 is 29.2. The topological polar surface area (TPSA) is 75.6 Å². The molecule has 96 valence electrons. The molecule has 0 amide bonds. The van der Waals surface area contributed by atoms with Gasteiger partial charge in [0.1, 0.15) is 5.75 Å². The normalized spacial score (nSPS) is 13.4. The number of hydrogen-bond acceptors (Lipinski definition) is 4. The molecule has 0 radical (unpaired) electrons. The fraction of sp³-hybridized carbons (Fsp3) is 0.455. The maximum absolute atomic E-state index is 10.9. The van der Waals surface area contributed by atoms with Gasteiger partial charge < -0.3 is 9.84 Å². The molecule has 0 heterocycles. The van der Waals surface area contributed by atoms with Crippen molar-refractivity contribution in [1.82, 2.24) is 4.72 Å². The summed E-state index contributed by atoms with van der Waals surface area (Å²) in [7, 11) is -3.28. The number of sulfonamides is 1. The third-order valence-corrected chi connectivity index (χ3v) is 2.81. The van der Waals surface area contributed by atoms with Gasteiger partial charge in [-0.3, -0.25) is 0 Å². The second-order valence-electron chi connectivity index (χ2n) is 3.64. The number of benzene rings is 1. The molecule has 1 aromatic carbocycles. The van der Waals surface area contributed by atoms with Crippen LogP contribution < -0.4 is 9.46 Å². The Morgan fingerprint density at radius 2 is 1.94 bits per heavy atom. The summed E-state index contributed by atoms with van der Waals surface area (Å²) in [4.78, 5) is 0. The van der Waals surface area contributed by atoms with E-state index in [9.17, 15) is 13.5 Å². The Hall–Kier alpha value is -1.11. The van der Waals surface area contributed by atoms with Crippen molar-refractivity contribution in [2.24, 2.45) is 0 Å². The van der Waals surface area contributed by atoms with Crippen molar-refractivity contribution in [3.05, 3.63) is 29.8 Å². The lowest BCUT2D eigenvalue weighted by atomic mass is 10.1. The van der Waals surface area contributed by atoms with Gasteiger partial charge in [0.05, 0.1) is 19.0 Å². The molecule has 0 aliphatic rings. The zero-order chi connectivity index (χ0) is 12.9. The number of aliphatic hydroxyl groups is 1. The zero-order valence-corrected chi connectivity index (χ0v) is 10.7. The highest BCUT2D eigenvalue weighted by Crippen LogP contribution is 2.17. The van der Waals surface area contributed by atoms with Crippen LogP contribution in [0.3, 0.4) is 0 Å². The third-order valence-electron chi connectivity index (χ3n) is 2.11.